The van der Waals surface area contributed by atoms with Crippen LogP contribution in [-0.4, -0.2) is 16.2 Å². The zero-order chi connectivity index (χ0) is 13.2. The highest BCUT2D eigenvalue weighted by Crippen LogP contribution is 2.42. The summed E-state index contributed by atoms with van der Waals surface area (Å²) in [6, 6.07) is 0. The predicted molar refractivity (Wildman–Crippen MR) is 70.6 cm³/mol. The summed E-state index contributed by atoms with van der Waals surface area (Å²) < 4.78 is 4.86. The fourth-order valence-electron chi connectivity index (χ4n) is 1.81. The van der Waals surface area contributed by atoms with Crippen LogP contribution in [0.2, 0.25) is 0 Å². The second-order valence-electron chi connectivity index (χ2n) is 3.42. The Labute approximate surface area is 116 Å². The van der Waals surface area contributed by atoms with Crippen LogP contribution in [0.5, 0.6) is 11.5 Å². The van der Waals surface area contributed by atoms with E-state index in [1.165, 1.54) is 0 Å². The van der Waals surface area contributed by atoms with E-state index in [1.807, 2.05) is 13.8 Å². The van der Waals surface area contributed by atoms with E-state index >= 15 is 0 Å². The molecule has 17 heavy (non-hydrogen) atoms. The molecule has 0 aromatic heterocycles. The summed E-state index contributed by atoms with van der Waals surface area (Å²) in [5.74, 6) is -1.53. The molecule has 1 aromatic carbocycles. The summed E-state index contributed by atoms with van der Waals surface area (Å²) in [5.41, 5.74) is 1.46. The quantitative estimate of drug-likeness (QED) is 0.803. The minimum Gasteiger partial charge on any atom is -0.504 e. The lowest BCUT2D eigenvalue weighted by Gasteiger charge is -2.16. The van der Waals surface area contributed by atoms with E-state index in [-0.39, 0.29) is 11.3 Å². The van der Waals surface area contributed by atoms with Crippen LogP contribution in [0, 0.1) is 0 Å². The van der Waals surface area contributed by atoms with Crippen molar-refractivity contribution < 1.29 is 18.8 Å². The number of hydrogen-bond donors (Lipinski definition) is 2. The highest BCUT2D eigenvalue weighted by Gasteiger charge is 2.25. The van der Waals surface area contributed by atoms with E-state index < -0.39 is 11.7 Å². The van der Waals surface area contributed by atoms with Crippen LogP contribution in [0.1, 0.15) is 35.3 Å². The van der Waals surface area contributed by atoms with Gasteiger partial charge in [-0.3, -0.25) is 0 Å². The molecule has 0 aliphatic heterocycles. The molecule has 0 atom stereocenters. The number of halogens is 2. The number of aromatic hydroxyl groups is 2. The van der Waals surface area contributed by atoms with Gasteiger partial charge in [-0.2, -0.15) is 0 Å². The number of carbonyl (C=O) groups excluding carboxylic acids is 1. The molecule has 1 rings (SSSR count). The van der Waals surface area contributed by atoms with Crippen LogP contribution < -0.4 is 0 Å². The maximum Gasteiger partial charge on any atom is 0.353 e. The molecule has 0 spiro atoms. The molecule has 0 fully saturated rings. The zero-order valence-electron chi connectivity index (χ0n) is 9.38. The Hall–Kier alpha value is -0.750. The number of hydrogen-bond acceptors (Lipinski definition) is 4. The van der Waals surface area contributed by atoms with Crippen molar-refractivity contribution in [3.05, 3.63) is 21.2 Å². The Morgan fingerprint density at radius 1 is 1.18 bits per heavy atom. The molecule has 0 aliphatic rings. The van der Waals surface area contributed by atoms with Gasteiger partial charge in [0.05, 0.1) is 4.47 Å². The molecular formula is C11H12Br2O4. The highest BCUT2D eigenvalue weighted by atomic mass is 79.9. The maximum atomic E-state index is 11.6. The van der Waals surface area contributed by atoms with Crippen LogP contribution >= 0.6 is 32.2 Å². The molecule has 6 heteroatoms. The first-order valence-electron chi connectivity index (χ1n) is 5.07. The largest absolute Gasteiger partial charge is 0.504 e. The van der Waals surface area contributed by atoms with Crippen molar-refractivity contribution in [2.24, 2.45) is 0 Å². The SMILES string of the molecule is CCc1c(Br)c(O)c(O)c(C(=O)OBr)c1CC. The first kappa shape index (κ1) is 14.3. The second kappa shape index (κ2) is 5.73. The molecule has 4 nitrogen and oxygen atoms in total. The first-order chi connectivity index (χ1) is 7.99. The molecule has 0 saturated heterocycles. The molecule has 94 valence electrons. The molecule has 0 bridgehead atoms. The fourth-order valence-corrected chi connectivity index (χ4v) is 2.68. The summed E-state index contributed by atoms with van der Waals surface area (Å²) in [5, 5.41) is 19.6. The van der Waals surface area contributed by atoms with Gasteiger partial charge in [0.1, 0.15) is 5.56 Å². The Balaban J connectivity index is 3.68. The van der Waals surface area contributed by atoms with Gasteiger partial charge in [0.15, 0.2) is 27.8 Å². The van der Waals surface area contributed by atoms with Crippen molar-refractivity contribution >= 4 is 38.2 Å². The monoisotopic (exact) mass is 366 g/mol. The molecule has 0 amide bonds. The van der Waals surface area contributed by atoms with Gasteiger partial charge in [0.2, 0.25) is 0 Å². The molecule has 0 radical (unpaired) electrons. The number of phenolic OH excluding ortho intramolecular Hbond substituents is 2. The standard InChI is InChI=1S/C11H12Br2O4/c1-3-5-6(4-2)8(12)10(15)9(14)7(5)11(16)17-13/h14-15H,3-4H2,1-2H3. The van der Waals surface area contributed by atoms with Gasteiger partial charge in [-0.25, -0.2) is 4.79 Å². The minimum atomic E-state index is -0.725. The number of benzene rings is 1. The third kappa shape index (κ3) is 2.42. The Bertz CT molecular complexity index is 458. The van der Waals surface area contributed by atoms with E-state index in [0.717, 1.165) is 5.56 Å². The van der Waals surface area contributed by atoms with Crippen molar-refractivity contribution in [3.63, 3.8) is 0 Å². The van der Waals surface area contributed by atoms with Gasteiger partial charge >= 0.3 is 5.97 Å². The van der Waals surface area contributed by atoms with E-state index in [2.05, 4.69) is 36.0 Å². The molecule has 0 saturated carbocycles. The minimum absolute atomic E-state index is 0.00178. The molecular weight excluding hydrogens is 356 g/mol. The zero-order valence-corrected chi connectivity index (χ0v) is 12.6. The third-order valence-corrected chi connectivity index (χ3v) is 3.73. The van der Waals surface area contributed by atoms with Crippen molar-refractivity contribution in [2.75, 3.05) is 0 Å². The van der Waals surface area contributed by atoms with E-state index in [0.29, 0.717) is 22.9 Å². The highest BCUT2D eigenvalue weighted by molar-refractivity contribution is 9.10. The lowest BCUT2D eigenvalue weighted by Crippen LogP contribution is -2.07. The third-order valence-electron chi connectivity index (χ3n) is 2.58. The van der Waals surface area contributed by atoms with E-state index in [9.17, 15) is 15.0 Å². The van der Waals surface area contributed by atoms with Crippen molar-refractivity contribution in [1.82, 2.24) is 0 Å². The lowest BCUT2D eigenvalue weighted by molar-refractivity contribution is 0.0776. The van der Waals surface area contributed by atoms with Gasteiger partial charge in [0.25, 0.3) is 0 Å². The van der Waals surface area contributed by atoms with Gasteiger partial charge < -0.3 is 14.0 Å². The summed E-state index contributed by atoms with van der Waals surface area (Å²) >= 11 is 5.80. The van der Waals surface area contributed by atoms with E-state index in [4.69, 9.17) is 0 Å². The lowest BCUT2D eigenvalue weighted by atomic mass is 9.95. The van der Waals surface area contributed by atoms with Gasteiger partial charge in [0, 0.05) is 0 Å². The summed E-state index contributed by atoms with van der Waals surface area (Å²) in [7, 11) is 0. The van der Waals surface area contributed by atoms with Gasteiger partial charge in [-0.05, 0) is 39.9 Å². The average molecular weight is 368 g/mol. The Morgan fingerprint density at radius 3 is 2.12 bits per heavy atom. The molecule has 0 unspecified atom stereocenters. The normalized spacial score (nSPS) is 10.4. The van der Waals surface area contributed by atoms with Gasteiger partial charge in [-0.1, -0.05) is 13.8 Å². The smallest absolute Gasteiger partial charge is 0.353 e. The summed E-state index contributed by atoms with van der Waals surface area (Å²) in [6.07, 6.45) is 1.17. The van der Waals surface area contributed by atoms with Gasteiger partial charge in [-0.15, -0.1) is 0 Å². The molecule has 2 N–H and O–H groups in total. The predicted octanol–water partition coefficient (Wildman–Crippen LogP) is 3.45. The number of carbonyl (C=O) groups is 1. The number of phenols is 2. The first-order valence-corrected chi connectivity index (χ1v) is 6.51. The number of rotatable bonds is 3. The van der Waals surface area contributed by atoms with Crippen molar-refractivity contribution in [3.8, 4) is 11.5 Å². The average Bonchev–Trinajstić information content (AvgIpc) is 2.34. The van der Waals surface area contributed by atoms with Crippen LogP contribution in [-0.2, 0) is 16.7 Å². The van der Waals surface area contributed by atoms with E-state index in [1.54, 1.807) is 0 Å². The van der Waals surface area contributed by atoms with Crippen LogP contribution in [0.4, 0.5) is 0 Å². The summed E-state index contributed by atoms with van der Waals surface area (Å²) in [6.45, 7) is 3.77. The topological polar surface area (TPSA) is 66.8 Å². The second-order valence-corrected chi connectivity index (χ2v) is 4.53. The molecule has 1 aromatic rings. The molecule has 0 heterocycles. The van der Waals surface area contributed by atoms with Crippen molar-refractivity contribution in [2.45, 2.75) is 26.7 Å². The Kier molecular flexibility index (Phi) is 4.82. The fraction of sp³-hybridized carbons (Fsp3) is 0.364. The van der Waals surface area contributed by atoms with Crippen LogP contribution in [0.3, 0.4) is 0 Å². The summed E-state index contributed by atoms with van der Waals surface area (Å²) in [4.78, 5) is 11.6. The van der Waals surface area contributed by atoms with Crippen LogP contribution in [0.15, 0.2) is 4.47 Å². The Morgan fingerprint density at radius 2 is 1.71 bits per heavy atom. The maximum absolute atomic E-state index is 11.6. The van der Waals surface area contributed by atoms with Crippen molar-refractivity contribution in [1.29, 1.82) is 0 Å². The van der Waals surface area contributed by atoms with Crippen LogP contribution in [0.25, 0.3) is 0 Å². The molecule has 0 aliphatic carbocycles.